The highest BCUT2D eigenvalue weighted by molar-refractivity contribution is 5.20. The van der Waals surface area contributed by atoms with Crippen molar-refractivity contribution in [3.8, 4) is 0 Å². The summed E-state index contributed by atoms with van der Waals surface area (Å²) in [4.78, 5) is 8.03. The van der Waals surface area contributed by atoms with E-state index in [0.29, 0.717) is 6.54 Å². The van der Waals surface area contributed by atoms with E-state index in [0.717, 1.165) is 5.56 Å². The van der Waals surface area contributed by atoms with Crippen LogP contribution in [0.2, 0.25) is 0 Å². The lowest BCUT2D eigenvalue weighted by Crippen LogP contribution is -2.39. The van der Waals surface area contributed by atoms with Gasteiger partial charge in [0, 0.05) is 18.9 Å². The smallest absolute Gasteiger partial charge is 0.137 e. The molecule has 0 aliphatic carbocycles. The number of hydrogen-bond donors (Lipinski definition) is 1. The molecule has 0 saturated heterocycles. The lowest BCUT2D eigenvalue weighted by Gasteiger charge is -2.28. The summed E-state index contributed by atoms with van der Waals surface area (Å²) in [6.45, 7) is 2.46. The monoisotopic (exact) mass is 203 g/mol. The maximum atomic E-state index is 5.81. The lowest BCUT2D eigenvalue weighted by molar-refractivity contribution is 0.362. The number of pyridine rings is 1. The zero-order valence-corrected chi connectivity index (χ0v) is 8.54. The highest BCUT2D eigenvalue weighted by atomic mass is 15.4. The fraction of sp³-hybridized carbons (Fsp3) is 0.300. The van der Waals surface area contributed by atoms with Crippen LogP contribution in [0.25, 0.3) is 0 Å². The number of nitrogens with zero attached hydrogens (tertiary/aromatic N) is 4. The van der Waals surface area contributed by atoms with Gasteiger partial charge in [0.15, 0.2) is 0 Å². The Bertz CT molecular complexity index is 411. The van der Waals surface area contributed by atoms with E-state index >= 15 is 0 Å². The van der Waals surface area contributed by atoms with Crippen LogP contribution >= 0.6 is 0 Å². The quantitative estimate of drug-likeness (QED) is 0.783. The van der Waals surface area contributed by atoms with Crippen LogP contribution in [-0.4, -0.2) is 26.3 Å². The van der Waals surface area contributed by atoms with E-state index in [1.165, 1.54) is 6.33 Å². The van der Waals surface area contributed by atoms with E-state index in [-0.39, 0.29) is 5.54 Å². The fourth-order valence-corrected chi connectivity index (χ4v) is 1.49. The Morgan fingerprint density at radius 2 is 2.33 bits per heavy atom. The molecule has 0 fully saturated rings. The van der Waals surface area contributed by atoms with Gasteiger partial charge in [0.25, 0.3) is 0 Å². The Morgan fingerprint density at radius 3 is 2.87 bits per heavy atom. The molecule has 0 aliphatic rings. The van der Waals surface area contributed by atoms with Gasteiger partial charge in [-0.05, 0) is 18.6 Å². The summed E-state index contributed by atoms with van der Waals surface area (Å²) in [5.74, 6) is 0. The predicted octanol–water partition coefficient (Wildman–Crippen LogP) is 0.395. The molecule has 0 aromatic carbocycles. The van der Waals surface area contributed by atoms with Crippen LogP contribution in [0.5, 0.6) is 0 Å². The van der Waals surface area contributed by atoms with Crippen molar-refractivity contribution in [3.63, 3.8) is 0 Å². The molecule has 5 nitrogen and oxygen atoms in total. The third-order valence-electron chi connectivity index (χ3n) is 2.61. The highest BCUT2D eigenvalue weighted by Crippen LogP contribution is 2.22. The number of rotatable bonds is 3. The van der Waals surface area contributed by atoms with Crippen LogP contribution in [-0.2, 0) is 5.54 Å². The first-order valence-electron chi connectivity index (χ1n) is 4.73. The molecular weight excluding hydrogens is 190 g/mol. The molecular formula is C10H13N5. The maximum Gasteiger partial charge on any atom is 0.137 e. The van der Waals surface area contributed by atoms with Gasteiger partial charge in [0.2, 0.25) is 0 Å². The van der Waals surface area contributed by atoms with Gasteiger partial charge in [-0.25, -0.2) is 9.67 Å². The summed E-state index contributed by atoms with van der Waals surface area (Å²) in [5, 5.41) is 4.13. The van der Waals surface area contributed by atoms with Crippen LogP contribution in [0.3, 0.4) is 0 Å². The Kier molecular flexibility index (Phi) is 2.47. The zero-order chi connectivity index (χ0) is 10.7. The molecule has 15 heavy (non-hydrogen) atoms. The normalized spacial score (nSPS) is 14.8. The molecule has 0 aliphatic heterocycles. The fourth-order valence-electron chi connectivity index (χ4n) is 1.49. The minimum absolute atomic E-state index is 0.384. The average Bonchev–Trinajstić information content (AvgIpc) is 2.83. The van der Waals surface area contributed by atoms with Gasteiger partial charge >= 0.3 is 0 Å². The molecule has 0 bridgehead atoms. The molecule has 0 spiro atoms. The van der Waals surface area contributed by atoms with Crippen molar-refractivity contribution >= 4 is 0 Å². The highest BCUT2D eigenvalue weighted by Gasteiger charge is 2.27. The van der Waals surface area contributed by atoms with Gasteiger partial charge in [-0.1, -0.05) is 6.07 Å². The molecule has 0 amide bonds. The molecule has 2 N–H and O–H groups in total. The van der Waals surface area contributed by atoms with Gasteiger partial charge in [0.05, 0.1) is 0 Å². The summed E-state index contributed by atoms with van der Waals surface area (Å²) in [7, 11) is 0. The first kappa shape index (κ1) is 9.79. The SMILES string of the molecule is CC(CN)(c1cccnc1)n1cncn1. The van der Waals surface area contributed by atoms with E-state index < -0.39 is 0 Å². The summed E-state index contributed by atoms with van der Waals surface area (Å²) >= 11 is 0. The van der Waals surface area contributed by atoms with Crippen molar-refractivity contribution in [2.24, 2.45) is 5.73 Å². The first-order chi connectivity index (χ1) is 7.27. The predicted molar refractivity (Wildman–Crippen MR) is 56.1 cm³/mol. The molecule has 5 heteroatoms. The van der Waals surface area contributed by atoms with Crippen molar-refractivity contribution in [1.29, 1.82) is 0 Å². The largest absolute Gasteiger partial charge is 0.328 e. The van der Waals surface area contributed by atoms with E-state index in [4.69, 9.17) is 5.73 Å². The van der Waals surface area contributed by atoms with Gasteiger partial charge in [-0.15, -0.1) is 0 Å². The van der Waals surface area contributed by atoms with E-state index in [1.54, 1.807) is 23.4 Å². The van der Waals surface area contributed by atoms with Gasteiger partial charge in [0.1, 0.15) is 18.2 Å². The Hall–Kier alpha value is -1.75. The Morgan fingerprint density at radius 1 is 1.47 bits per heavy atom. The van der Waals surface area contributed by atoms with E-state index in [9.17, 15) is 0 Å². The molecule has 78 valence electrons. The number of nitrogens with two attached hydrogens (primary N) is 1. The van der Waals surface area contributed by atoms with Crippen LogP contribution < -0.4 is 5.73 Å². The third-order valence-corrected chi connectivity index (χ3v) is 2.61. The van der Waals surface area contributed by atoms with E-state index in [1.807, 2.05) is 19.1 Å². The molecule has 0 radical (unpaired) electrons. The zero-order valence-electron chi connectivity index (χ0n) is 8.54. The second-order valence-corrected chi connectivity index (χ2v) is 3.56. The van der Waals surface area contributed by atoms with Crippen molar-refractivity contribution < 1.29 is 0 Å². The van der Waals surface area contributed by atoms with Crippen LogP contribution in [0, 0.1) is 0 Å². The lowest BCUT2D eigenvalue weighted by atomic mass is 9.94. The Labute approximate surface area is 88.0 Å². The van der Waals surface area contributed by atoms with Crippen molar-refractivity contribution in [1.82, 2.24) is 19.7 Å². The van der Waals surface area contributed by atoms with Crippen LogP contribution in [0.1, 0.15) is 12.5 Å². The summed E-state index contributed by atoms with van der Waals surface area (Å²) in [5.41, 5.74) is 6.46. The second kappa shape index (κ2) is 3.78. The van der Waals surface area contributed by atoms with Crippen molar-refractivity contribution in [2.45, 2.75) is 12.5 Å². The van der Waals surface area contributed by atoms with Crippen molar-refractivity contribution in [3.05, 3.63) is 42.7 Å². The molecule has 2 heterocycles. The Balaban J connectivity index is 2.47. The van der Waals surface area contributed by atoms with Crippen molar-refractivity contribution in [2.75, 3.05) is 6.54 Å². The van der Waals surface area contributed by atoms with Crippen LogP contribution in [0.4, 0.5) is 0 Å². The van der Waals surface area contributed by atoms with Gasteiger partial charge < -0.3 is 5.73 Å². The topological polar surface area (TPSA) is 69.6 Å². The number of aromatic nitrogens is 4. The average molecular weight is 203 g/mol. The van der Waals surface area contributed by atoms with Gasteiger partial charge in [-0.3, -0.25) is 4.98 Å². The molecule has 2 aromatic rings. The molecule has 1 unspecified atom stereocenters. The van der Waals surface area contributed by atoms with Crippen LogP contribution in [0.15, 0.2) is 37.2 Å². The molecule has 2 aromatic heterocycles. The minimum Gasteiger partial charge on any atom is -0.328 e. The molecule has 2 rings (SSSR count). The second-order valence-electron chi connectivity index (χ2n) is 3.56. The standard InChI is InChI=1S/C10H13N5/c1-10(6-11,15-8-13-7-14-15)9-3-2-4-12-5-9/h2-5,7-8H,6,11H2,1H3. The summed E-state index contributed by atoms with van der Waals surface area (Å²) in [6, 6.07) is 3.88. The van der Waals surface area contributed by atoms with Gasteiger partial charge in [-0.2, -0.15) is 5.10 Å². The minimum atomic E-state index is -0.384. The molecule has 1 atom stereocenters. The summed E-state index contributed by atoms with van der Waals surface area (Å²) in [6.07, 6.45) is 6.71. The summed E-state index contributed by atoms with van der Waals surface area (Å²) < 4.78 is 1.75. The molecule has 0 saturated carbocycles. The first-order valence-corrected chi connectivity index (χ1v) is 4.73. The maximum absolute atomic E-state index is 5.81. The third kappa shape index (κ3) is 1.61. The number of hydrogen-bond acceptors (Lipinski definition) is 4. The van der Waals surface area contributed by atoms with E-state index in [2.05, 4.69) is 15.1 Å².